The Morgan fingerprint density at radius 1 is 0.923 bits per heavy atom. The Bertz CT molecular complexity index is 1020. The minimum atomic E-state index is 0.993. The molecule has 1 aromatic heterocycles. The lowest BCUT2D eigenvalue weighted by atomic mass is 10.0. The lowest BCUT2D eigenvalue weighted by Gasteiger charge is -2.07. The van der Waals surface area contributed by atoms with Crippen molar-refractivity contribution in [3.63, 3.8) is 0 Å². The number of benzene rings is 3. The maximum absolute atomic E-state index is 4.80. The molecule has 0 aliphatic heterocycles. The Kier molecular flexibility index (Phi) is 5.19. The average Bonchev–Trinajstić information content (AvgIpc) is 3.12. The zero-order valence-corrected chi connectivity index (χ0v) is 16.2. The third kappa shape index (κ3) is 3.74. The number of para-hydroxylation sites is 1. The van der Waals surface area contributed by atoms with E-state index in [-0.39, 0.29) is 0 Å². The van der Waals surface area contributed by atoms with Crippen molar-refractivity contribution in [1.29, 1.82) is 0 Å². The molecule has 0 N–H and O–H groups in total. The average molecular weight is 374 g/mol. The van der Waals surface area contributed by atoms with Crippen molar-refractivity contribution >= 4 is 45.5 Å². The lowest BCUT2D eigenvalue weighted by molar-refractivity contribution is 1.38. The SMILES string of the molecule is CSCc1cc(-c2nc3ccccc3s2)ccc1C=Cc1ccccc1. The van der Waals surface area contributed by atoms with E-state index in [1.54, 1.807) is 11.3 Å². The fourth-order valence-electron chi connectivity index (χ4n) is 2.93. The second kappa shape index (κ2) is 7.90. The van der Waals surface area contributed by atoms with Gasteiger partial charge >= 0.3 is 0 Å². The molecule has 1 heterocycles. The molecule has 4 aromatic rings. The van der Waals surface area contributed by atoms with Crippen LogP contribution in [0.25, 0.3) is 32.9 Å². The number of hydrogen-bond donors (Lipinski definition) is 0. The molecule has 0 saturated carbocycles. The summed E-state index contributed by atoms with van der Waals surface area (Å²) in [6.45, 7) is 0. The highest BCUT2D eigenvalue weighted by atomic mass is 32.2. The number of thiazole rings is 1. The summed E-state index contributed by atoms with van der Waals surface area (Å²) in [5, 5.41) is 1.09. The van der Waals surface area contributed by atoms with E-state index in [0.29, 0.717) is 0 Å². The number of hydrogen-bond acceptors (Lipinski definition) is 3. The summed E-state index contributed by atoms with van der Waals surface area (Å²) >= 11 is 3.61. The summed E-state index contributed by atoms with van der Waals surface area (Å²) in [5.41, 5.74) is 6.12. The molecule has 0 bridgehead atoms. The number of rotatable bonds is 5. The van der Waals surface area contributed by atoms with Crippen molar-refractivity contribution < 1.29 is 0 Å². The molecule has 3 aromatic carbocycles. The molecule has 4 rings (SSSR count). The zero-order valence-electron chi connectivity index (χ0n) is 14.6. The van der Waals surface area contributed by atoms with Crippen LogP contribution in [0.1, 0.15) is 16.7 Å². The first-order valence-corrected chi connectivity index (χ1v) is 10.8. The predicted molar refractivity (Wildman–Crippen MR) is 118 cm³/mol. The second-order valence-corrected chi connectivity index (χ2v) is 7.97. The molecule has 0 saturated heterocycles. The first kappa shape index (κ1) is 17.1. The van der Waals surface area contributed by atoms with Gasteiger partial charge in [0.15, 0.2) is 0 Å². The largest absolute Gasteiger partial charge is 0.236 e. The fraction of sp³-hybridized carbons (Fsp3) is 0.0870. The van der Waals surface area contributed by atoms with Crippen LogP contribution >= 0.6 is 23.1 Å². The van der Waals surface area contributed by atoms with Gasteiger partial charge in [0.1, 0.15) is 5.01 Å². The van der Waals surface area contributed by atoms with E-state index in [4.69, 9.17) is 4.98 Å². The maximum Gasteiger partial charge on any atom is 0.124 e. The van der Waals surface area contributed by atoms with Crippen molar-refractivity contribution in [1.82, 2.24) is 4.98 Å². The Hall–Kier alpha value is -2.36. The van der Waals surface area contributed by atoms with Crippen LogP contribution in [0.15, 0.2) is 72.8 Å². The molecular weight excluding hydrogens is 354 g/mol. The van der Waals surface area contributed by atoms with Gasteiger partial charge in [-0.2, -0.15) is 11.8 Å². The highest BCUT2D eigenvalue weighted by Gasteiger charge is 2.08. The molecule has 1 nitrogen and oxygen atoms in total. The number of aromatic nitrogens is 1. The van der Waals surface area contributed by atoms with Crippen LogP contribution in [0.4, 0.5) is 0 Å². The van der Waals surface area contributed by atoms with Crippen LogP contribution in [0.2, 0.25) is 0 Å². The topological polar surface area (TPSA) is 12.9 Å². The van der Waals surface area contributed by atoms with Crippen molar-refractivity contribution in [2.24, 2.45) is 0 Å². The molecule has 0 unspecified atom stereocenters. The summed E-state index contributed by atoms with van der Waals surface area (Å²) in [6.07, 6.45) is 6.54. The van der Waals surface area contributed by atoms with E-state index in [0.717, 1.165) is 16.3 Å². The monoisotopic (exact) mass is 373 g/mol. The molecule has 0 radical (unpaired) electrons. The molecule has 3 heteroatoms. The Morgan fingerprint density at radius 3 is 2.54 bits per heavy atom. The van der Waals surface area contributed by atoms with Crippen LogP contribution in [-0.2, 0) is 5.75 Å². The normalized spacial score (nSPS) is 11.4. The molecule has 0 atom stereocenters. The highest BCUT2D eigenvalue weighted by molar-refractivity contribution is 7.97. The van der Waals surface area contributed by atoms with Gasteiger partial charge in [0.05, 0.1) is 10.2 Å². The second-order valence-electron chi connectivity index (χ2n) is 6.08. The van der Waals surface area contributed by atoms with E-state index in [2.05, 4.69) is 79.1 Å². The van der Waals surface area contributed by atoms with Gasteiger partial charge in [-0.1, -0.05) is 66.7 Å². The smallest absolute Gasteiger partial charge is 0.124 e. The van der Waals surface area contributed by atoms with E-state index in [1.165, 1.54) is 27.0 Å². The van der Waals surface area contributed by atoms with Gasteiger partial charge < -0.3 is 0 Å². The molecule has 26 heavy (non-hydrogen) atoms. The summed E-state index contributed by atoms with van der Waals surface area (Å²) in [7, 11) is 0. The molecule has 0 amide bonds. The third-order valence-electron chi connectivity index (χ3n) is 4.24. The summed E-state index contributed by atoms with van der Waals surface area (Å²) < 4.78 is 1.24. The maximum atomic E-state index is 4.80. The highest BCUT2D eigenvalue weighted by Crippen LogP contribution is 2.32. The van der Waals surface area contributed by atoms with E-state index in [1.807, 2.05) is 23.9 Å². The number of nitrogens with zero attached hydrogens (tertiary/aromatic N) is 1. The molecule has 0 aliphatic carbocycles. The lowest BCUT2D eigenvalue weighted by Crippen LogP contribution is -1.88. The van der Waals surface area contributed by atoms with Crippen molar-refractivity contribution in [3.05, 3.63) is 89.5 Å². The van der Waals surface area contributed by atoms with Crippen molar-refractivity contribution in [2.45, 2.75) is 5.75 Å². The first-order valence-electron chi connectivity index (χ1n) is 8.54. The van der Waals surface area contributed by atoms with Crippen molar-refractivity contribution in [3.8, 4) is 10.6 Å². The van der Waals surface area contributed by atoms with E-state index >= 15 is 0 Å². The Labute approximate surface area is 162 Å². The van der Waals surface area contributed by atoms with Gasteiger partial charge in [-0.3, -0.25) is 0 Å². The van der Waals surface area contributed by atoms with Crippen LogP contribution < -0.4 is 0 Å². The molecule has 0 aliphatic rings. The van der Waals surface area contributed by atoms with Crippen LogP contribution in [0.3, 0.4) is 0 Å². The van der Waals surface area contributed by atoms with Gasteiger partial charge in [-0.25, -0.2) is 4.98 Å². The predicted octanol–water partition coefficient (Wildman–Crippen LogP) is 7.00. The summed E-state index contributed by atoms with van der Waals surface area (Å²) in [6, 6.07) is 25.5. The minimum absolute atomic E-state index is 0.993. The quantitative estimate of drug-likeness (QED) is 0.349. The zero-order chi connectivity index (χ0) is 17.8. The van der Waals surface area contributed by atoms with Crippen LogP contribution in [0.5, 0.6) is 0 Å². The van der Waals surface area contributed by atoms with Gasteiger partial charge in [0, 0.05) is 11.3 Å². The minimum Gasteiger partial charge on any atom is -0.236 e. The van der Waals surface area contributed by atoms with Gasteiger partial charge in [-0.05, 0) is 41.1 Å². The molecule has 0 spiro atoms. The van der Waals surface area contributed by atoms with Crippen molar-refractivity contribution in [2.75, 3.05) is 6.26 Å². The molecule has 128 valence electrons. The van der Waals surface area contributed by atoms with Gasteiger partial charge in [0.2, 0.25) is 0 Å². The van der Waals surface area contributed by atoms with E-state index in [9.17, 15) is 0 Å². The van der Waals surface area contributed by atoms with Crippen LogP contribution in [0, 0.1) is 0 Å². The third-order valence-corrected chi connectivity index (χ3v) is 5.92. The molecule has 0 fully saturated rings. The number of thioether (sulfide) groups is 1. The number of fused-ring (bicyclic) bond motifs is 1. The fourth-order valence-corrected chi connectivity index (χ4v) is 4.45. The Morgan fingerprint density at radius 2 is 1.73 bits per heavy atom. The van der Waals surface area contributed by atoms with Crippen LogP contribution in [-0.4, -0.2) is 11.2 Å². The van der Waals surface area contributed by atoms with E-state index < -0.39 is 0 Å². The standard InChI is InChI=1S/C23H19NS2/c1-25-16-20-15-19(23-24-21-9-5-6-10-22(21)26-23)14-13-18(20)12-11-17-7-3-2-4-8-17/h2-15H,16H2,1H3. The summed E-state index contributed by atoms with van der Waals surface area (Å²) in [4.78, 5) is 4.80. The Balaban J connectivity index is 1.69. The van der Waals surface area contributed by atoms with Gasteiger partial charge in [0.25, 0.3) is 0 Å². The van der Waals surface area contributed by atoms with Gasteiger partial charge in [-0.15, -0.1) is 11.3 Å². The molecular formula is C23H19NS2. The summed E-state index contributed by atoms with van der Waals surface area (Å²) in [5.74, 6) is 0.993. The first-order chi connectivity index (χ1) is 12.8.